The van der Waals surface area contributed by atoms with Gasteiger partial charge in [-0.2, -0.15) is 0 Å². The molecule has 3 N–H and O–H groups in total. The number of para-hydroxylation sites is 1. The van der Waals surface area contributed by atoms with E-state index in [-0.39, 0.29) is 24.2 Å². The number of aliphatic hydroxyl groups excluding tert-OH is 1. The molecule has 0 aliphatic carbocycles. The third kappa shape index (κ3) is 16.2. The highest BCUT2D eigenvalue weighted by molar-refractivity contribution is 6.12. The Morgan fingerprint density at radius 2 is 1.30 bits per heavy atom. The van der Waals surface area contributed by atoms with Crippen molar-refractivity contribution in [2.75, 3.05) is 19.0 Å². The number of nitrogens with one attached hydrogen (secondary N) is 2. The molecule has 0 spiro atoms. The van der Waals surface area contributed by atoms with Gasteiger partial charge >= 0.3 is 0 Å². The highest BCUT2D eigenvalue weighted by Crippen LogP contribution is 2.39. The molecule has 254 valence electrons. The van der Waals surface area contributed by atoms with Gasteiger partial charge in [-0.05, 0) is 60.4 Å². The van der Waals surface area contributed by atoms with Crippen LogP contribution in [0.25, 0.3) is 22.4 Å². The molecule has 0 atom stereocenters. The standard InChI is InChI=1S/C26H23FN2O.C5H12.C2H4O2.C2H6O.2C2H6/c1-17(2)24-23(26(30)28-21-11-7-4-8-12-21)22(18-9-5-3-6-10-18)25(29-24)19-13-15-20(27)16-14-19;1-3-5-4-2;1-4-2-3;1-2-3;2*1-2/h3-17,29H,1-2H3,(H,28,30);3-5H2,1-2H3;2H,1H3;3H,2H2,1H3;2*1-2H3. The van der Waals surface area contributed by atoms with Crippen LogP contribution in [0.4, 0.5) is 10.1 Å². The number of halogens is 1. The van der Waals surface area contributed by atoms with Gasteiger partial charge in [0.25, 0.3) is 12.4 Å². The van der Waals surface area contributed by atoms with E-state index in [1.165, 1.54) is 38.5 Å². The van der Waals surface area contributed by atoms with Crippen molar-refractivity contribution in [3.63, 3.8) is 0 Å². The first-order chi connectivity index (χ1) is 22.3. The number of methoxy groups -OCH3 is 1. The highest BCUT2D eigenvalue weighted by atomic mass is 19.1. The monoisotopic (exact) mass is 636 g/mol. The van der Waals surface area contributed by atoms with Gasteiger partial charge in [0.05, 0.1) is 18.4 Å². The maximum absolute atomic E-state index is 13.5. The van der Waals surface area contributed by atoms with E-state index in [1.807, 2.05) is 102 Å². The van der Waals surface area contributed by atoms with Crippen LogP contribution in [0.1, 0.15) is 104 Å². The van der Waals surface area contributed by atoms with Crippen molar-refractivity contribution in [1.29, 1.82) is 0 Å². The molecule has 0 saturated carbocycles. The quantitative estimate of drug-likeness (QED) is 0.168. The maximum Gasteiger partial charge on any atom is 0.292 e. The van der Waals surface area contributed by atoms with Crippen LogP contribution in [0.5, 0.6) is 0 Å². The van der Waals surface area contributed by atoms with E-state index in [4.69, 9.17) is 9.90 Å². The first kappa shape index (κ1) is 43.9. The first-order valence-electron chi connectivity index (χ1n) is 16.3. The molecule has 1 amide bonds. The van der Waals surface area contributed by atoms with Crippen molar-refractivity contribution in [2.24, 2.45) is 0 Å². The van der Waals surface area contributed by atoms with Crippen molar-refractivity contribution < 1.29 is 23.8 Å². The summed E-state index contributed by atoms with van der Waals surface area (Å²) in [6, 6.07) is 25.6. The van der Waals surface area contributed by atoms with E-state index >= 15 is 0 Å². The molecule has 7 heteroatoms. The van der Waals surface area contributed by atoms with Crippen LogP contribution in [-0.4, -0.2) is 36.2 Å². The van der Waals surface area contributed by atoms with Crippen LogP contribution in [-0.2, 0) is 9.53 Å². The molecule has 0 aliphatic heterocycles. The minimum Gasteiger partial charge on any atom is -0.471 e. The SMILES string of the molecule is CC.CC.CC(C)c1[nH]c(-c2ccc(F)cc2)c(-c2ccccc2)c1C(=O)Nc1ccccc1.CCCCC.CCO.COC=O. The summed E-state index contributed by atoms with van der Waals surface area (Å²) >= 11 is 0. The van der Waals surface area contributed by atoms with Gasteiger partial charge in [-0.25, -0.2) is 4.39 Å². The van der Waals surface area contributed by atoms with Crippen LogP contribution < -0.4 is 5.32 Å². The number of ether oxygens (including phenoxy) is 1. The summed E-state index contributed by atoms with van der Waals surface area (Å²) in [7, 11) is 1.31. The minimum absolute atomic E-state index is 0.0955. The largest absolute Gasteiger partial charge is 0.471 e. The molecule has 4 aromatic rings. The van der Waals surface area contributed by atoms with Gasteiger partial charge < -0.3 is 20.1 Å². The van der Waals surface area contributed by atoms with E-state index in [1.54, 1.807) is 19.1 Å². The van der Waals surface area contributed by atoms with E-state index < -0.39 is 0 Å². The zero-order valence-corrected chi connectivity index (χ0v) is 29.6. The summed E-state index contributed by atoms with van der Waals surface area (Å²) in [5.41, 5.74) is 5.58. The summed E-state index contributed by atoms with van der Waals surface area (Å²) in [6.07, 6.45) is 4.08. The number of hydrogen-bond acceptors (Lipinski definition) is 4. The third-order valence-corrected chi connectivity index (χ3v) is 5.86. The van der Waals surface area contributed by atoms with Crippen molar-refractivity contribution in [2.45, 2.75) is 87.5 Å². The van der Waals surface area contributed by atoms with Crippen LogP contribution >= 0.6 is 0 Å². The number of unbranched alkanes of at least 4 members (excludes halogenated alkanes) is 2. The number of aromatic amines is 1. The second-order valence-corrected chi connectivity index (χ2v) is 9.51. The van der Waals surface area contributed by atoms with E-state index in [2.05, 4.69) is 28.9 Å². The number of carbonyl (C=O) groups is 2. The lowest BCUT2D eigenvalue weighted by molar-refractivity contribution is -0.126. The van der Waals surface area contributed by atoms with Crippen molar-refractivity contribution >= 4 is 18.1 Å². The maximum atomic E-state index is 13.5. The predicted octanol–water partition coefficient (Wildman–Crippen LogP) is 10.9. The smallest absolute Gasteiger partial charge is 0.292 e. The summed E-state index contributed by atoms with van der Waals surface area (Å²) in [5.74, 6) is -0.371. The second-order valence-electron chi connectivity index (χ2n) is 9.51. The summed E-state index contributed by atoms with van der Waals surface area (Å²) in [4.78, 5) is 25.9. The Kier molecular flexibility index (Phi) is 27.0. The highest BCUT2D eigenvalue weighted by Gasteiger charge is 2.26. The summed E-state index contributed by atoms with van der Waals surface area (Å²) in [5, 5.41) is 10.6. The Morgan fingerprint density at radius 3 is 1.70 bits per heavy atom. The topological polar surface area (TPSA) is 91.4 Å². The molecule has 3 aromatic carbocycles. The lowest BCUT2D eigenvalue weighted by Crippen LogP contribution is -2.14. The van der Waals surface area contributed by atoms with E-state index in [9.17, 15) is 9.18 Å². The molecular weight excluding hydrogens is 579 g/mol. The van der Waals surface area contributed by atoms with Crippen LogP contribution in [0.3, 0.4) is 0 Å². The van der Waals surface area contributed by atoms with Crippen LogP contribution in [0.2, 0.25) is 0 Å². The lowest BCUT2D eigenvalue weighted by atomic mass is 9.94. The predicted molar refractivity (Wildman–Crippen MR) is 194 cm³/mol. The van der Waals surface area contributed by atoms with E-state index in [0.717, 1.165) is 33.8 Å². The van der Waals surface area contributed by atoms with Crippen LogP contribution in [0, 0.1) is 5.82 Å². The van der Waals surface area contributed by atoms with Crippen molar-refractivity contribution in [3.05, 3.63) is 102 Å². The molecule has 0 fully saturated rings. The molecule has 1 heterocycles. The second kappa shape index (κ2) is 28.3. The van der Waals surface area contributed by atoms with E-state index in [0.29, 0.717) is 12.0 Å². The van der Waals surface area contributed by atoms with Crippen molar-refractivity contribution in [3.8, 4) is 22.4 Å². The number of hydrogen-bond donors (Lipinski definition) is 3. The average Bonchev–Trinajstić information content (AvgIpc) is 3.50. The molecular formula is C39H57FN2O4. The fourth-order valence-corrected chi connectivity index (χ4v) is 3.98. The Bertz CT molecular complexity index is 1290. The van der Waals surface area contributed by atoms with Crippen molar-refractivity contribution in [1.82, 2.24) is 4.98 Å². The van der Waals surface area contributed by atoms with Gasteiger partial charge in [0.1, 0.15) is 5.82 Å². The van der Waals surface area contributed by atoms with Gasteiger partial charge in [0.15, 0.2) is 0 Å². The molecule has 0 radical (unpaired) electrons. The zero-order valence-electron chi connectivity index (χ0n) is 29.6. The summed E-state index contributed by atoms with van der Waals surface area (Å²) in [6.45, 7) is 18.8. The van der Waals surface area contributed by atoms with Gasteiger partial charge in [0, 0.05) is 23.6 Å². The average molecular weight is 637 g/mol. The molecule has 0 saturated heterocycles. The number of carbonyl (C=O) groups excluding carboxylic acids is 2. The van der Waals surface area contributed by atoms with Gasteiger partial charge in [-0.3, -0.25) is 9.59 Å². The molecule has 0 bridgehead atoms. The molecule has 4 rings (SSSR count). The third-order valence-electron chi connectivity index (χ3n) is 5.86. The van der Waals surface area contributed by atoms with Gasteiger partial charge in [0.2, 0.25) is 0 Å². The first-order valence-corrected chi connectivity index (χ1v) is 16.3. The number of H-pyrrole nitrogens is 1. The minimum atomic E-state index is -0.294. The molecule has 46 heavy (non-hydrogen) atoms. The Morgan fingerprint density at radius 1 is 0.848 bits per heavy atom. The normalized spacial score (nSPS) is 9.15. The number of anilines is 1. The molecule has 0 unspecified atom stereocenters. The Labute approximate surface area is 277 Å². The molecule has 6 nitrogen and oxygen atoms in total. The number of amides is 1. The lowest BCUT2D eigenvalue weighted by Gasteiger charge is -2.11. The fraction of sp³-hybridized carbons (Fsp3) is 0.385. The van der Waals surface area contributed by atoms with Gasteiger partial charge in [-0.1, -0.05) is 123 Å². The molecule has 1 aromatic heterocycles. The van der Waals surface area contributed by atoms with Crippen LogP contribution in [0.15, 0.2) is 84.9 Å². The number of aliphatic hydroxyl groups is 1. The number of rotatable bonds is 8. The van der Waals surface area contributed by atoms with Gasteiger partial charge in [-0.15, -0.1) is 0 Å². The summed E-state index contributed by atoms with van der Waals surface area (Å²) < 4.78 is 17.4. The number of benzene rings is 3. The Balaban J connectivity index is 0. The molecule has 0 aliphatic rings. The zero-order chi connectivity index (χ0) is 35.3. The number of aromatic nitrogens is 1. The fourth-order valence-electron chi connectivity index (χ4n) is 3.98. The Hall–Kier alpha value is -4.23.